The Morgan fingerprint density at radius 3 is 2.64 bits per heavy atom. The minimum Gasteiger partial charge on any atom is -0.493 e. The fourth-order valence-corrected chi connectivity index (χ4v) is 1.58. The van der Waals surface area contributed by atoms with Gasteiger partial charge in [-0.2, -0.15) is 4.39 Å². The summed E-state index contributed by atoms with van der Waals surface area (Å²) in [5.41, 5.74) is 0.692. The lowest BCUT2D eigenvalue weighted by Gasteiger charge is -2.29. The molecule has 14 heavy (non-hydrogen) atoms. The molecule has 0 radical (unpaired) electrons. The summed E-state index contributed by atoms with van der Waals surface area (Å²) < 4.78 is 31.0. The molecule has 0 aliphatic carbocycles. The Hall–Kier alpha value is -1.16. The van der Waals surface area contributed by atoms with Crippen LogP contribution >= 0.6 is 0 Å². The molecule has 76 valence electrons. The van der Waals surface area contributed by atoms with Crippen molar-refractivity contribution in [1.82, 2.24) is 5.32 Å². The van der Waals surface area contributed by atoms with Crippen molar-refractivity contribution in [3.05, 3.63) is 29.3 Å². The number of rotatable bonds is 2. The highest BCUT2D eigenvalue weighted by Gasteiger charge is 2.25. The predicted octanol–water partition coefficient (Wildman–Crippen LogP) is 2.01. The van der Waals surface area contributed by atoms with Gasteiger partial charge in [0.25, 0.3) is 0 Å². The van der Waals surface area contributed by atoms with Crippen LogP contribution in [0.5, 0.6) is 5.75 Å². The first kappa shape index (κ1) is 9.40. The van der Waals surface area contributed by atoms with Crippen molar-refractivity contribution >= 4 is 0 Å². The normalized spacial score (nSPS) is 20.4. The minimum absolute atomic E-state index is 0.0159. The van der Waals surface area contributed by atoms with Crippen LogP contribution < -0.4 is 10.1 Å². The number of ether oxygens (including phenoxy) is 1. The van der Waals surface area contributed by atoms with Gasteiger partial charge in [0.2, 0.25) is 5.82 Å². The zero-order valence-corrected chi connectivity index (χ0v) is 7.81. The summed E-state index contributed by atoms with van der Waals surface area (Å²) >= 11 is 0. The number of methoxy groups -OCH3 is 1. The standard InChI is InChI=1S/C10H11F2NO/c1-14-10-6(8-4-5-13-8)2-3-7(11)9(10)12/h2-3,8,13H,4-5H2,1H3. The number of hydrogen-bond acceptors (Lipinski definition) is 2. The van der Waals surface area contributed by atoms with Crippen LogP contribution in [-0.2, 0) is 0 Å². The quantitative estimate of drug-likeness (QED) is 0.786. The van der Waals surface area contributed by atoms with Crippen molar-refractivity contribution in [2.75, 3.05) is 13.7 Å². The molecule has 1 heterocycles. The molecule has 2 nitrogen and oxygen atoms in total. The van der Waals surface area contributed by atoms with Crippen LogP contribution in [-0.4, -0.2) is 13.7 Å². The lowest BCUT2D eigenvalue weighted by molar-refractivity contribution is 0.332. The lowest BCUT2D eigenvalue weighted by Crippen LogP contribution is -2.35. The van der Waals surface area contributed by atoms with Gasteiger partial charge in [-0.3, -0.25) is 0 Å². The smallest absolute Gasteiger partial charge is 0.200 e. The maximum absolute atomic E-state index is 13.3. The van der Waals surface area contributed by atoms with Gasteiger partial charge in [0.1, 0.15) is 0 Å². The third-order valence-corrected chi connectivity index (χ3v) is 2.48. The van der Waals surface area contributed by atoms with Gasteiger partial charge in [0, 0.05) is 11.6 Å². The Balaban J connectivity index is 2.43. The minimum atomic E-state index is -0.904. The highest BCUT2D eigenvalue weighted by atomic mass is 19.2. The largest absolute Gasteiger partial charge is 0.493 e. The van der Waals surface area contributed by atoms with E-state index in [0.29, 0.717) is 5.56 Å². The van der Waals surface area contributed by atoms with E-state index in [1.807, 2.05) is 0 Å². The van der Waals surface area contributed by atoms with Gasteiger partial charge >= 0.3 is 0 Å². The first-order valence-electron chi connectivity index (χ1n) is 4.49. The SMILES string of the molecule is COc1c(C2CCN2)ccc(F)c1F. The van der Waals surface area contributed by atoms with Crippen molar-refractivity contribution in [3.8, 4) is 5.75 Å². The van der Waals surface area contributed by atoms with Gasteiger partial charge in [-0.05, 0) is 19.0 Å². The van der Waals surface area contributed by atoms with Gasteiger partial charge in [0.05, 0.1) is 7.11 Å². The summed E-state index contributed by atoms with van der Waals surface area (Å²) in [5.74, 6) is -1.76. The second-order valence-electron chi connectivity index (χ2n) is 3.28. The van der Waals surface area contributed by atoms with Gasteiger partial charge < -0.3 is 10.1 Å². The van der Waals surface area contributed by atoms with Crippen molar-refractivity contribution < 1.29 is 13.5 Å². The van der Waals surface area contributed by atoms with E-state index in [9.17, 15) is 8.78 Å². The van der Waals surface area contributed by atoms with Crippen LogP contribution in [0.15, 0.2) is 12.1 Å². The maximum atomic E-state index is 13.3. The van der Waals surface area contributed by atoms with E-state index in [2.05, 4.69) is 5.32 Å². The van der Waals surface area contributed by atoms with Crippen LogP contribution in [0.1, 0.15) is 18.0 Å². The molecule has 0 aromatic heterocycles. The Bertz CT molecular complexity index is 350. The molecule has 1 atom stereocenters. The molecule has 1 N–H and O–H groups in total. The van der Waals surface area contributed by atoms with E-state index in [4.69, 9.17) is 4.74 Å². The monoisotopic (exact) mass is 199 g/mol. The molecular weight excluding hydrogens is 188 g/mol. The van der Waals surface area contributed by atoms with E-state index in [0.717, 1.165) is 19.0 Å². The summed E-state index contributed by atoms with van der Waals surface area (Å²) in [5, 5.41) is 3.11. The lowest BCUT2D eigenvalue weighted by atomic mass is 9.97. The van der Waals surface area contributed by atoms with Crippen molar-refractivity contribution in [3.63, 3.8) is 0 Å². The fraction of sp³-hybridized carbons (Fsp3) is 0.400. The summed E-state index contributed by atoms with van der Waals surface area (Å²) in [6.07, 6.45) is 0.932. The third-order valence-electron chi connectivity index (χ3n) is 2.48. The predicted molar refractivity (Wildman–Crippen MR) is 48.3 cm³/mol. The van der Waals surface area contributed by atoms with Crippen LogP contribution in [0.25, 0.3) is 0 Å². The average Bonchev–Trinajstić information content (AvgIpc) is 2.09. The first-order valence-corrected chi connectivity index (χ1v) is 4.49. The van der Waals surface area contributed by atoms with E-state index in [1.165, 1.54) is 7.11 Å². The van der Waals surface area contributed by atoms with Gasteiger partial charge in [-0.1, -0.05) is 6.07 Å². The Kier molecular flexibility index (Phi) is 2.37. The Labute approximate surface area is 80.9 Å². The summed E-state index contributed by atoms with van der Waals surface area (Å²) in [7, 11) is 1.35. The van der Waals surface area contributed by atoms with Crippen LogP contribution in [0.2, 0.25) is 0 Å². The highest BCUT2D eigenvalue weighted by molar-refractivity contribution is 5.38. The first-order chi connectivity index (χ1) is 6.74. The Morgan fingerprint density at radius 2 is 2.14 bits per heavy atom. The second kappa shape index (κ2) is 3.53. The van der Waals surface area contributed by atoms with Gasteiger partial charge in [0.15, 0.2) is 11.6 Å². The van der Waals surface area contributed by atoms with Crippen LogP contribution in [0.4, 0.5) is 8.78 Å². The maximum Gasteiger partial charge on any atom is 0.200 e. The molecule has 1 unspecified atom stereocenters. The van der Waals surface area contributed by atoms with Gasteiger partial charge in [-0.15, -0.1) is 0 Å². The fourth-order valence-electron chi connectivity index (χ4n) is 1.58. The zero-order chi connectivity index (χ0) is 10.1. The van der Waals surface area contributed by atoms with E-state index < -0.39 is 11.6 Å². The number of benzene rings is 1. The van der Waals surface area contributed by atoms with Crippen LogP contribution in [0, 0.1) is 11.6 Å². The third kappa shape index (κ3) is 1.35. The van der Waals surface area contributed by atoms with E-state index >= 15 is 0 Å². The molecule has 2 rings (SSSR count). The molecule has 1 aromatic carbocycles. The summed E-state index contributed by atoms with van der Waals surface area (Å²) in [6.45, 7) is 0.910. The zero-order valence-electron chi connectivity index (χ0n) is 7.81. The summed E-state index contributed by atoms with van der Waals surface area (Å²) in [6, 6.07) is 2.79. The molecule has 0 spiro atoms. The number of hydrogen-bond donors (Lipinski definition) is 1. The van der Waals surface area contributed by atoms with Crippen molar-refractivity contribution in [2.45, 2.75) is 12.5 Å². The topological polar surface area (TPSA) is 21.3 Å². The second-order valence-corrected chi connectivity index (χ2v) is 3.28. The number of halogens is 2. The van der Waals surface area contributed by atoms with E-state index in [-0.39, 0.29) is 11.8 Å². The Morgan fingerprint density at radius 1 is 1.43 bits per heavy atom. The average molecular weight is 199 g/mol. The summed E-state index contributed by atoms with van der Waals surface area (Å²) in [4.78, 5) is 0. The van der Waals surface area contributed by atoms with E-state index in [1.54, 1.807) is 6.07 Å². The molecule has 1 aliphatic heterocycles. The molecule has 0 saturated carbocycles. The van der Waals surface area contributed by atoms with Crippen LogP contribution in [0.3, 0.4) is 0 Å². The highest BCUT2D eigenvalue weighted by Crippen LogP contribution is 2.33. The van der Waals surface area contributed by atoms with Gasteiger partial charge in [-0.25, -0.2) is 4.39 Å². The molecule has 1 fully saturated rings. The molecule has 0 amide bonds. The number of nitrogens with one attached hydrogen (secondary N) is 1. The molecular formula is C10H11F2NO. The van der Waals surface area contributed by atoms with Crippen molar-refractivity contribution in [2.24, 2.45) is 0 Å². The molecule has 1 aliphatic rings. The molecule has 1 saturated heterocycles. The molecule has 0 bridgehead atoms. The molecule has 1 aromatic rings. The van der Waals surface area contributed by atoms with Crippen molar-refractivity contribution in [1.29, 1.82) is 0 Å². The molecule has 4 heteroatoms.